The van der Waals surface area contributed by atoms with Gasteiger partial charge in [-0.25, -0.2) is 18.4 Å². The summed E-state index contributed by atoms with van der Waals surface area (Å²) in [4.78, 5) is 10.4. The van der Waals surface area contributed by atoms with Gasteiger partial charge in [-0.3, -0.25) is 0 Å². The Hall–Kier alpha value is -2.98. The third kappa shape index (κ3) is 2.81. The third-order valence-corrected chi connectivity index (χ3v) is 4.72. The number of rotatable bonds is 3. The second kappa shape index (κ2) is 6.01. The lowest BCUT2D eigenvalue weighted by Gasteiger charge is -2.15. The molecular weight excluding hydrogens is 385 g/mol. The molecule has 0 radical (unpaired) electrons. The van der Waals surface area contributed by atoms with Gasteiger partial charge in [-0.1, -0.05) is 0 Å². The lowest BCUT2D eigenvalue weighted by Crippen LogP contribution is -2.21. The molecule has 1 N–H and O–H groups in total. The van der Waals surface area contributed by atoms with E-state index in [1.165, 1.54) is 17.9 Å². The van der Waals surface area contributed by atoms with E-state index < -0.39 is 34.7 Å². The zero-order valence-corrected chi connectivity index (χ0v) is 14.7. The number of aromatic nitrogens is 4. The van der Waals surface area contributed by atoms with E-state index in [2.05, 4.69) is 15.1 Å². The molecule has 6 nitrogen and oxygen atoms in total. The molecule has 0 saturated heterocycles. The normalized spacial score (nSPS) is 14.7. The summed E-state index contributed by atoms with van der Waals surface area (Å²) in [5.74, 6) is -4.92. The lowest BCUT2D eigenvalue weighted by molar-refractivity contribution is -0.140. The van der Waals surface area contributed by atoms with Crippen LogP contribution in [0.4, 0.5) is 27.9 Å². The Kier molecular flexibility index (Phi) is 3.95. The van der Waals surface area contributed by atoms with E-state index in [-0.39, 0.29) is 22.8 Å². The number of fused-ring (bicyclic) bond motifs is 1. The topological polar surface area (TPSA) is 67.1 Å². The minimum atomic E-state index is -5.12. The van der Waals surface area contributed by atoms with Crippen LogP contribution in [0, 0.1) is 11.6 Å². The van der Waals surface area contributed by atoms with E-state index in [1.54, 1.807) is 0 Å². The van der Waals surface area contributed by atoms with E-state index in [0.29, 0.717) is 12.0 Å². The number of nitrogens with zero attached hydrogens (tertiary/aromatic N) is 5. The number of halogens is 5. The summed E-state index contributed by atoms with van der Waals surface area (Å²) in [6, 6.07) is 0.613. The lowest BCUT2D eigenvalue weighted by atomic mass is 10.0. The maximum absolute atomic E-state index is 14.4. The molecule has 2 heterocycles. The Bertz CT molecular complexity index is 1090. The molecule has 1 aliphatic rings. The molecule has 0 atom stereocenters. The average Bonchev–Trinajstić information content (AvgIpc) is 3.43. The summed E-state index contributed by atoms with van der Waals surface area (Å²) >= 11 is 0. The molecule has 28 heavy (non-hydrogen) atoms. The number of hydrogen-bond donors (Lipinski definition) is 1. The number of hydrogen-bond acceptors (Lipinski definition) is 5. The van der Waals surface area contributed by atoms with Crippen molar-refractivity contribution in [3.05, 3.63) is 29.5 Å². The first-order valence-corrected chi connectivity index (χ1v) is 8.30. The highest BCUT2D eigenvalue weighted by Crippen LogP contribution is 2.41. The highest BCUT2D eigenvalue weighted by atomic mass is 19.4. The SMILES string of the molecule is CN(c1ncc2c(-c3cc(C(F)(F)F)c(F)c(O)c3F)nn(C)c2n1)C1CC1. The van der Waals surface area contributed by atoms with Crippen molar-refractivity contribution < 1.29 is 27.1 Å². The van der Waals surface area contributed by atoms with Crippen LogP contribution in [0.5, 0.6) is 5.75 Å². The van der Waals surface area contributed by atoms with Crippen molar-refractivity contribution in [1.82, 2.24) is 19.7 Å². The molecule has 2 aromatic heterocycles. The first-order chi connectivity index (χ1) is 13.1. The summed E-state index contributed by atoms with van der Waals surface area (Å²) in [5.41, 5.74) is -2.43. The third-order valence-electron chi connectivity index (χ3n) is 4.72. The van der Waals surface area contributed by atoms with Crippen LogP contribution in [0.3, 0.4) is 0 Å². The predicted octanol–water partition coefficient (Wildman–Crippen LogP) is 3.63. The van der Waals surface area contributed by atoms with E-state index >= 15 is 0 Å². The molecule has 1 saturated carbocycles. The zero-order valence-electron chi connectivity index (χ0n) is 14.7. The first-order valence-electron chi connectivity index (χ1n) is 8.30. The monoisotopic (exact) mass is 399 g/mol. The van der Waals surface area contributed by atoms with Crippen LogP contribution in [0.2, 0.25) is 0 Å². The number of aryl methyl sites for hydroxylation is 1. The minimum absolute atomic E-state index is 0.175. The molecule has 1 fully saturated rings. The van der Waals surface area contributed by atoms with Gasteiger partial charge in [0.25, 0.3) is 0 Å². The van der Waals surface area contributed by atoms with E-state index in [4.69, 9.17) is 0 Å². The van der Waals surface area contributed by atoms with Crippen LogP contribution in [0.25, 0.3) is 22.3 Å². The Morgan fingerprint density at radius 3 is 2.50 bits per heavy atom. The van der Waals surface area contributed by atoms with Gasteiger partial charge in [0, 0.05) is 31.9 Å². The van der Waals surface area contributed by atoms with Crippen LogP contribution >= 0.6 is 0 Å². The van der Waals surface area contributed by atoms with Crippen LogP contribution in [-0.4, -0.2) is 37.9 Å². The van der Waals surface area contributed by atoms with Crippen molar-refractivity contribution >= 4 is 17.0 Å². The number of aromatic hydroxyl groups is 1. The molecular formula is C17H14F5N5O. The molecule has 0 unspecified atom stereocenters. The van der Waals surface area contributed by atoms with Crippen molar-refractivity contribution in [3.63, 3.8) is 0 Å². The number of benzene rings is 1. The van der Waals surface area contributed by atoms with Crippen LogP contribution in [0.15, 0.2) is 12.3 Å². The zero-order chi connectivity index (χ0) is 20.4. The number of anilines is 1. The quantitative estimate of drug-likeness (QED) is 0.682. The van der Waals surface area contributed by atoms with Crippen molar-refractivity contribution in [1.29, 1.82) is 0 Å². The molecule has 0 bridgehead atoms. The van der Waals surface area contributed by atoms with E-state index in [9.17, 15) is 27.1 Å². The highest BCUT2D eigenvalue weighted by Gasteiger charge is 2.38. The maximum Gasteiger partial charge on any atom is 0.419 e. The Morgan fingerprint density at radius 2 is 1.89 bits per heavy atom. The molecule has 1 aliphatic carbocycles. The van der Waals surface area contributed by atoms with Crippen molar-refractivity contribution in [2.24, 2.45) is 7.05 Å². The van der Waals surface area contributed by atoms with Crippen LogP contribution in [0.1, 0.15) is 18.4 Å². The summed E-state index contributed by atoms with van der Waals surface area (Å²) in [6.45, 7) is 0. The first kappa shape index (κ1) is 18.4. The number of phenols is 1. The molecule has 148 valence electrons. The van der Waals surface area contributed by atoms with Crippen molar-refractivity contribution in [2.75, 3.05) is 11.9 Å². The van der Waals surface area contributed by atoms with E-state index in [0.717, 1.165) is 12.8 Å². The van der Waals surface area contributed by atoms with Gasteiger partial charge in [0.1, 0.15) is 5.69 Å². The second-order valence-electron chi connectivity index (χ2n) is 6.67. The molecule has 0 amide bonds. The van der Waals surface area contributed by atoms with Gasteiger partial charge >= 0.3 is 6.18 Å². The smallest absolute Gasteiger partial charge is 0.419 e. The molecule has 0 spiro atoms. The standard InChI is InChI=1S/C17H14F5N5O/c1-26(7-3-4-7)16-23-6-9-13(25-27(2)15(9)24-16)8-5-10(17(20,21)22)12(19)14(28)11(8)18/h5-7,28H,3-4H2,1-2H3. The van der Waals surface area contributed by atoms with Gasteiger partial charge in [0.2, 0.25) is 5.95 Å². The maximum atomic E-state index is 14.4. The minimum Gasteiger partial charge on any atom is -0.503 e. The number of phenolic OH excluding ortho intramolecular Hbond substituents is 1. The van der Waals surface area contributed by atoms with Gasteiger partial charge in [0.15, 0.2) is 23.0 Å². The van der Waals surface area contributed by atoms with Crippen LogP contribution in [-0.2, 0) is 13.2 Å². The van der Waals surface area contributed by atoms with Crippen LogP contribution < -0.4 is 4.90 Å². The second-order valence-corrected chi connectivity index (χ2v) is 6.67. The molecule has 0 aliphatic heterocycles. The fraction of sp³-hybridized carbons (Fsp3) is 0.353. The molecule has 4 rings (SSSR count). The fourth-order valence-electron chi connectivity index (χ4n) is 3.02. The summed E-state index contributed by atoms with van der Waals surface area (Å²) < 4.78 is 68.6. The van der Waals surface area contributed by atoms with Gasteiger partial charge in [-0.2, -0.15) is 23.3 Å². The Balaban J connectivity index is 1.91. The predicted molar refractivity (Wildman–Crippen MR) is 89.7 cm³/mol. The molecule has 1 aromatic carbocycles. The Morgan fingerprint density at radius 1 is 1.21 bits per heavy atom. The highest BCUT2D eigenvalue weighted by molar-refractivity contribution is 5.91. The molecule has 3 aromatic rings. The summed E-state index contributed by atoms with van der Waals surface area (Å²) in [5, 5.41) is 13.7. The van der Waals surface area contributed by atoms with Crippen molar-refractivity contribution in [2.45, 2.75) is 25.1 Å². The van der Waals surface area contributed by atoms with Gasteiger partial charge < -0.3 is 10.0 Å². The Labute approximate surface area is 155 Å². The van der Waals surface area contributed by atoms with Gasteiger partial charge in [0.05, 0.1) is 10.9 Å². The molecule has 11 heteroatoms. The van der Waals surface area contributed by atoms with Gasteiger partial charge in [-0.15, -0.1) is 0 Å². The number of alkyl halides is 3. The largest absolute Gasteiger partial charge is 0.503 e. The summed E-state index contributed by atoms with van der Waals surface area (Å²) in [6.07, 6.45) is -1.78. The van der Waals surface area contributed by atoms with Crippen molar-refractivity contribution in [3.8, 4) is 17.0 Å². The fourth-order valence-corrected chi connectivity index (χ4v) is 3.02. The summed E-state index contributed by atoms with van der Waals surface area (Å²) in [7, 11) is 3.31. The van der Waals surface area contributed by atoms with Gasteiger partial charge in [-0.05, 0) is 18.9 Å². The van der Waals surface area contributed by atoms with E-state index in [1.807, 2.05) is 11.9 Å². The average molecular weight is 399 g/mol.